The molecule has 0 atom stereocenters. The maximum atomic E-state index is 12.0. The van der Waals surface area contributed by atoms with Crippen LogP contribution in [0.5, 0.6) is 0 Å². The number of benzene rings is 3. The quantitative estimate of drug-likeness (QED) is 0.142. The minimum atomic E-state index is -0.630. The first kappa shape index (κ1) is 43.6. The molecule has 0 aliphatic carbocycles. The highest BCUT2D eigenvalue weighted by atomic mass is 35.5. The van der Waals surface area contributed by atoms with E-state index in [2.05, 4.69) is 19.6 Å². The Balaban J connectivity index is 0.000000368. The third kappa shape index (κ3) is 13.8. The second-order valence-corrected chi connectivity index (χ2v) is 12.5. The molecule has 20 heteroatoms. The monoisotopic (exact) mass is 698 g/mol. The molecule has 1 heterocycles. The van der Waals surface area contributed by atoms with Gasteiger partial charge in [-0.1, -0.05) is 36.4 Å². The topological polar surface area (TPSA) is 121 Å². The fraction of sp³-hybridized carbons (Fsp3) is 0.323. The van der Waals surface area contributed by atoms with Crippen LogP contribution < -0.4 is 15.6 Å². The number of hydrogen-bond donors (Lipinski definition) is 2. The van der Waals surface area contributed by atoms with Gasteiger partial charge in [0.2, 0.25) is 0 Å². The van der Waals surface area contributed by atoms with E-state index in [9.17, 15) is 14.4 Å². The third-order valence-electron chi connectivity index (χ3n) is 7.99. The number of rotatable bonds is 10. The first-order chi connectivity index (χ1) is 23.9. The predicted octanol–water partition coefficient (Wildman–Crippen LogP) is 2.19. The lowest BCUT2D eigenvalue weighted by Crippen LogP contribution is -2.52. The zero-order valence-electron chi connectivity index (χ0n) is 29.7. The number of hydrogen-bond acceptors (Lipinski definition) is 9. The van der Waals surface area contributed by atoms with Crippen molar-refractivity contribution in [2.75, 3.05) is 19.1 Å². The second-order valence-electron chi connectivity index (χ2n) is 12.3. The van der Waals surface area contributed by atoms with E-state index in [4.69, 9.17) is 64.5 Å². The number of ether oxygens (including phenoxy) is 3. The molecule has 0 spiro atoms. The van der Waals surface area contributed by atoms with E-state index >= 15 is 0 Å². The molecule has 1 aliphatic heterocycles. The Labute approximate surface area is 314 Å². The molecule has 2 N–H and O–H groups in total. The molecule has 1 fully saturated rings. The second kappa shape index (κ2) is 20.5. The van der Waals surface area contributed by atoms with Gasteiger partial charge in [-0.2, -0.15) is 0 Å². The Bertz CT molecular complexity index is 1530. The maximum Gasteiger partial charge on any atom is 0.494 e. The third-order valence-corrected chi connectivity index (χ3v) is 8.21. The minimum Gasteiger partial charge on any atom is -0.465 e. The van der Waals surface area contributed by atoms with E-state index in [0.29, 0.717) is 17.7 Å². The van der Waals surface area contributed by atoms with Gasteiger partial charge in [-0.15, -0.1) is 0 Å². The summed E-state index contributed by atoms with van der Waals surface area (Å²) in [6, 6.07) is 21.1. The molecule has 10 nitrogen and oxygen atoms in total. The number of halogens is 1. The predicted molar refractivity (Wildman–Crippen MR) is 210 cm³/mol. The summed E-state index contributed by atoms with van der Waals surface area (Å²) in [6.07, 6.45) is -2.30. The number of carbonyl (C=O) groups is 3. The van der Waals surface area contributed by atoms with Crippen LogP contribution in [-0.2, 0) is 36.7 Å². The molecule has 3 aromatic carbocycles. The van der Waals surface area contributed by atoms with E-state index in [1.807, 2.05) is 52.0 Å². The van der Waals surface area contributed by atoms with Crippen LogP contribution in [0.2, 0.25) is 0 Å². The fourth-order valence-electron chi connectivity index (χ4n) is 4.04. The molecule has 0 bridgehead atoms. The molecule has 51 heavy (non-hydrogen) atoms. The number of anilines is 1. The van der Waals surface area contributed by atoms with Crippen LogP contribution in [0.15, 0.2) is 72.8 Å². The first-order valence-corrected chi connectivity index (χ1v) is 16.2. The van der Waals surface area contributed by atoms with Gasteiger partial charge in [0.1, 0.15) is 6.61 Å². The Kier molecular flexibility index (Phi) is 17.5. The van der Waals surface area contributed by atoms with E-state index in [1.54, 1.807) is 48.5 Å². The van der Waals surface area contributed by atoms with Gasteiger partial charge in [0, 0.05) is 81.8 Å². The summed E-state index contributed by atoms with van der Waals surface area (Å²) in [7, 11) is 28.0. The number of methoxy groups -OCH3 is 2. The van der Waals surface area contributed by atoms with Gasteiger partial charge in [-0.3, -0.25) is 4.84 Å². The molecule has 1 amide bonds. The molecule has 1 saturated heterocycles. The van der Waals surface area contributed by atoms with Crippen molar-refractivity contribution < 1.29 is 37.9 Å². The van der Waals surface area contributed by atoms with Crippen LogP contribution in [0.25, 0.3) is 0 Å². The summed E-state index contributed by atoms with van der Waals surface area (Å²) in [5.74, 6) is -0.750. The van der Waals surface area contributed by atoms with Crippen molar-refractivity contribution in [1.29, 1.82) is 0 Å². The number of alkyl carbamates (subject to hydrolysis) is 1. The highest BCUT2D eigenvalue weighted by molar-refractivity contribution is 7.89. The van der Waals surface area contributed by atoms with Crippen molar-refractivity contribution in [3.8, 4) is 0 Å². The van der Waals surface area contributed by atoms with Crippen LogP contribution in [0.4, 0.5) is 10.5 Å². The normalized spacial score (nSPS) is 13.5. The zero-order chi connectivity index (χ0) is 38.4. The number of nitrogens with one attached hydrogen (secondary N) is 2. The van der Waals surface area contributed by atoms with Crippen molar-refractivity contribution >= 4 is 106 Å². The Morgan fingerprint density at radius 2 is 1.16 bits per heavy atom. The molecular formula is C31H36B9ClN2O8. The van der Waals surface area contributed by atoms with Crippen LogP contribution in [0.1, 0.15) is 59.5 Å². The summed E-state index contributed by atoms with van der Waals surface area (Å²) in [4.78, 5) is 36.8. The van der Waals surface area contributed by atoms with Gasteiger partial charge in [-0.25, -0.2) is 14.4 Å². The molecule has 252 valence electrons. The van der Waals surface area contributed by atoms with Gasteiger partial charge >= 0.3 is 25.2 Å². The summed E-state index contributed by atoms with van der Waals surface area (Å²) in [5.41, 5.74) is 3.54. The Morgan fingerprint density at radius 3 is 1.55 bits per heavy atom. The van der Waals surface area contributed by atoms with Gasteiger partial charge in [0.25, 0.3) is 0 Å². The molecule has 0 unspecified atom stereocenters. The molecule has 10 radical (unpaired) electrons. The molecule has 0 aromatic heterocycles. The van der Waals surface area contributed by atoms with E-state index in [0.717, 1.165) is 22.3 Å². The van der Waals surface area contributed by atoms with Gasteiger partial charge < -0.3 is 28.8 Å². The standard InChI is InChI=1S/C23H28BNO6.C8H8ClNO2.B8/c1-22(2)23(3,4)31-24(30-22)19-12-8-17(9-13-19)15-29-21(27)25-14-16-6-10-18(11-7-16)20(26)28-5;1-12-8(11)6-2-4-7(10-9)5-3-6;1-6(2)8(5)7(3)4/h6-13H,14-15H2,1-5H3,(H,25,27);2-5,10H,1H3;. The van der Waals surface area contributed by atoms with Crippen molar-refractivity contribution in [1.82, 2.24) is 5.32 Å². The first-order valence-electron chi connectivity index (χ1n) is 15.8. The highest BCUT2D eigenvalue weighted by Gasteiger charge is 2.51. The van der Waals surface area contributed by atoms with E-state index in [-0.39, 0.29) is 12.6 Å². The van der Waals surface area contributed by atoms with Crippen LogP contribution >= 0.6 is 11.8 Å². The molecule has 0 saturated carbocycles. The van der Waals surface area contributed by atoms with Crippen molar-refractivity contribution in [2.24, 2.45) is 0 Å². The Hall–Kier alpha value is -3.54. The lowest BCUT2D eigenvalue weighted by molar-refractivity contribution is 0.00578. The summed E-state index contributed by atoms with van der Waals surface area (Å²) in [6.45, 7) is 8.50. The Morgan fingerprint density at radius 1 is 0.725 bits per heavy atom. The van der Waals surface area contributed by atoms with Crippen LogP contribution in [-0.4, -0.2) is 108 Å². The fourth-order valence-corrected chi connectivity index (χ4v) is 4.17. The molecule has 4 rings (SSSR count). The summed E-state index contributed by atoms with van der Waals surface area (Å²) < 4.78 is 26.5. The largest absolute Gasteiger partial charge is 0.494 e. The molecule has 3 aromatic rings. The minimum absolute atomic E-state index is 0.150. The van der Waals surface area contributed by atoms with Crippen molar-refractivity contribution in [2.45, 2.75) is 52.0 Å². The SMILES string of the molecule is COC(=O)c1ccc(CNC(=O)OCc2ccc(B3OC(C)(C)C(C)(C)O3)cc2)cc1.COC(=O)c1ccc(NCl)cc1.[B]B([B])B([B])B([B])[B]. The van der Waals surface area contributed by atoms with E-state index in [1.165, 1.54) is 14.2 Å². The maximum absolute atomic E-state index is 12.0. The molecule has 1 aliphatic rings. The lowest BCUT2D eigenvalue weighted by Gasteiger charge is -2.32. The van der Waals surface area contributed by atoms with Gasteiger partial charge in [0.15, 0.2) is 0 Å². The van der Waals surface area contributed by atoms with Crippen LogP contribution in [0.3, 0.4) is 0 Å². The van der Waals surface area contributed by atoms with Gasteiger partial charge in [0.05, 0.1) is 36.5 Å². The number of esters is 2. The average molecular weight is 697 g/mol. The smallest absolute Gasteiger partial charge is 0.465 e. The average Bonchev–Trinajstić information content (AvgIpc) is 3.35. The van der Waals surface area contributed by atoms with Gasteiger partial charge in [-0.05, 0) is 80.7 Å². The van der Waals surface area contributed by atoms with E-state index < -0.39 is 49.5 Å². The summed E-state index contributed by atoms with van der Waals surface area (Å²) in [5, 5.41) is 2.69. The molecular weight excluding hydrogens is 661 g/mol. The van der Waals surface area contributed by atoms with Crippen molar-refractivity contribution in [3.05, 3.63) is 95.1 Å². The zero-order valence-corrected chi connectivity index (χ0v) is 30.4. The number of amides is 1. The lowest BCUT2D eigenvalue weighted by atomic mass is 8.68. The number of carbonyl (C=O) groups excluding carboxylic acids is 3. The van der Waals surface area contributed by atoms with Crippen molar-refractivity contribution in [3.63, 3.8) is 0 Å². The highest BCUT2D eigenvalue weighted by Crippen LogP contribution is 2.36. The van der Waals surface area contributed by atoms with Crippen LogP contribution in [0, 0.1) is 0 Å². The summed E-state index contributed by atoms with van der Waals surface area (Å²) >= 11 is 5.33.